The molecule has 0 aromatic heterocycles. The van der Waals surface area contributed by atoms with Crippen LogP contribution in [0.15, 0.2) is 106 Å². The maximum atomic E-state index is 10.4. The molecule has 0 atom stereocenters. The van der Waals surface area contributed by atoms with Crippen LogP contribution in [-0.4, -0.2) is 38.7 Å². The maximum absolute atomic E-state index is 10.4. The SMILES string of the molecule is CC(O)(CSc1ccccc1)CSc1ccccc1.OC1(CSc2ccccc2)CCCCC1. The van der Waals surface area contributed by atoms with E-state index in [1.54, 1.807) is 35.3 Å². The summed E-state index contributed by atoms with van der Waals surface area (Å²) in [5, 5.41) is 20.7. The molecule has 4 rings (SSSR count). The van der Waals surface area contributed by atoms with Crippen LogP contribution in [0.5, 0.6) is 0 Å². The van der Waals surface area contributed by atoms with Gasteiger partial charge in [-0.15, -0.1) is 35.3 Å². The van der Waals surface area contributed by atoms with Crippen LogP contribution in [0.2, 0.25) is 0 Å². The Labute approximate surface area is 218 Å². The van der Waals surface area contributed by atoms with Crippen LogP contribution in [-0.2, 0) is 0 Å². The van der Waals surface area contributed by atoms with Crippen molar-refractivity contribution in [1.29, 1.82) is 0 Å². The zero-order valence-corrected chi connectivity index (χ0v) is 22.4. The molecule has 2 N–H and O–H groups in total. The van der Waals surface area contributed by atoms with Gasteiger partial charge in [-0.2, -0.15) is 0 Å². The Morgan fingerprint density at radius 1 is 0.647 bits per heavy atom. The molecule has 0 bridgehead atoms. The van der Waals surface area contributed by atoms with Gasteiger partial charge in [0.05, 0.1) is 11.2 Å². The highest BCUT2D eigenvalue weighted by molar-refractivity contribution is 8.00. The first kappa shape index (κ1) is 27.2. The molecule has 2 nitrogen and oxygen atoms in total. The van der Waals surface area contributed by atoms with Gasteiger partial charge in [-0.05, 0) is 56.2 Å². The van der Waals surface area contributed by atoms with Crippen molar-refractivity contribution >= 4 is 35.3 Å². The van der Waals surface area contributed by atoms with Crippen molar-refractivity contribution in [3.05, 3.63) is 91.0 Å². The van der Waals surface area contributed by atoms with Crippen LogP contribution < -0.4 is 0 Å². The molecule has 3 aromatic rings. The minimum absolute atomic E-state index is 0.404. The Bertz CT molecular complexity index is 882. The summed E-state index contributed by atoms with van der Waals surface area (Å²) in [6.07, 6.45) is 5.62. The fraction of sp³-hybridized carbons (Fsp3) is 0.379. The number of hydrogen-bond acceptors (Lipinski definition) is 5. The Hall–Kier alpha value is -1.37. The minimum atomic E-state index is -0.666. The second-order valence-electron chi connectivity index (χ2n) is 9.09. The lowest BCUT2D eigenvalue weighted by Crippen LogP contribution is -2.33. The van der Waals surface area contributed by atoms with Gasteiger partial charge in [-0.25, -0.2) is 0 Å². The van der Waals surface area contributed by atoms with Crippen molar-refractivity contribution in [3.8, 4) is 0 Å². The molecule has 0 radical (unpaired) electrons. The molecular formula is C29H36O2S3. The van der Waals surface area contributed by atoms with Gasteiger partial charge in [0.1, 0.15) is 0 Å². The summed E-state index contributed by atoms with van der Waals surface area (Å²) >= 11 is 5.17. The topological polar surface area (TPSA) is 40.5 Å². The van der Waals surface area contributed by atoms with E-state index in [1.807, 2.05) is 61.5 Å². The molecule has 0 unspecified atom stereocenters. The molecule has 0 amide bonds. The molecule has 34 heavy (non-hydrogen) atoms. The number of aliphatic hydroxyl groups is 2. The van der Waals surface area contributed by atoms with Gasteiger partial charge < -0.3 is 10.2 Å². The standard InChI is InChI=1S/C16H18OS2.C13H18OS/c1-16(17,12-18-14-8-4-2-5-9-14)13-19-15-10-6-3-7-11-15;14-13(9-5-2-6-10-13)11-15-12-7-3-1-4-8-12/h2-11,17H,12-13H2,1H3;1,3-4,7-8,14H,2,5-6,9-11H2. The van der Waals surface area contributed by atoms with Crippen molar-refractivity contribution in [2.75, 3.05) is 17.3 Å². The highest BCUT2D eigenvalue weighted by Crippen LogP contribution is 2.33. The lowest BCUT2D eigenvalue weighted by molar-refractivity contribution is 0.0273. The first-order chi connectivity index (χ1) is 16.4. The summed E-state index contributed by atoms with van der Waals surface area (Å²) in [6, 6.07) is 30.7. The number of hydrogen-bond donors (Lipinski definition) is 2. The van der Waals surface area contributed by atoms with Crippen molar-refractivity contribution < 1.29 is 10.2 Å². The van der Waals surface area contributed by atoms with Gasteiger partial charge in [0.15, 0.2) is 0 Å². The molecular weight excluding hydrogens is 477 g/mol. The van der Waals surface area contributed by atoms with E-state index in [0.717, 1.165) is 18.6 Å². The molecule has 3 aromatic carbocycles. The third kappa shape index (κ3) is 10.5. The van der Waals surface area contributed by atoms with Crippen LogP contribution >= 0.6 is 35.3 Å². The average Bonchev–Trinajstić information content (AvgIpc) is 2.88. The van der Waals surface area contributed by atoms with E-state index in [1.165, 1.54) is 33.9 Å². The van der Waals surface area contributed by atoms with Crippen LogP contribution in [0.4, 0.5) is 0 Å². The first-order valence-corrected chi connectivity index (χ1v) is 14.9. The van der Waals surface area contributed by atoms with Crippen molar-refractivity contribution in [1.82, 2.24) is 0 Å². The summed E-state index contributed by atoms with van der Waals surface area (Å²) in [5.41, 5.74) is -1.07. The lowest BCUT2D eigenvalue weighted by atomic mass is 9.86. The van der Waals surface area contributed by atoms with Crippen LogP contribution in [0.1, 0.15) is 39.0 Å². The summed E-state index contributed by atoms with van der Waals surface area (Å²) in [7, 11) is 0. The molecule has 0 spiro atoms. The third-order valence-electron chi connectivity index (χ3n) is 5.62. The molecule has 1 aliphatic carbocycles. The zero-order valence-electron chi connectivity index (χ0n) is 19.9. The Kier molecular flexibility index (Phi) is 11.4. The molecule has 1 fully saturated rings. The third-order valence-corrected chi connectivity index (χ3v) is 9.65. The number of rotatable bonds is 9. The zero-order chi connectivity index (χ0) is 24.1. The normalized spacial score (nSPS) is 15.3. The fourth-order valence-electron chi connectivity index (χ4n) is 3.64. The highest BCUT2D eigenvalue weighted by Gasteiger charge is 2.28. The van der Waals surface area contributed by atoms with Crippen LogP contribution in [0, 0.1) is 0 Å². The Morgan fingerprint density at radius 3 is 1.44 bits per heavy atom. The predicted molar refractivity (Wildman–Crippen MR) is 150 cm³/mol. The van der Waals surface area contributed by atoms with Gasteiger partial charge in [0.2, 0.25) is 0 Å². The predicted octanol–water partition coefficient (Wildman–Crippen LogP) is 7.80. The monoisotopic (exact) mass is 512 g/mol. The molecule has 0 saturated heterocycles. The second kappa shape index (κ2) is 14.3. The Balaban J connectivity index is 0.000000196. The molecule has 182 valence electrons. The fourth-order valence-corrected chi connectivity index (χ4v) is 6.70. The summed E-state index contributed by atoms with van der Waals surface area (Å²) in [6.45, 7) is 1.90. The lowest BCUT2D eigenvalue weighted by Gasteiger charge is -2.31. The summed E-state index contributed by atoms with van der Waals surface area (Å²) in [4.78, 5) is 3.66. The second-order valence-corrected chi connectivity index (χ2v) is 12.2. The molecule has 0 aliphatic heterocycles. The van der Waals surface area contributed by atoms with E-state index >= 15 is 0 Å². The first-order valence-electron chi connectivity index (χ1n) is 11.9. The van der Waals surface area contributed by atoms with E-state index < -0.39 is 11.2 Å². The van der Waals surface area contributed by atoms with Gasteiger partial charge in [-0.1, -0.05) is 73.9 Å². The maximum Gasteiger partial charge on any atom is 0.0806 e. The van der Waals surface area contributed by atoms with E-state index in [4.69, 9.17) is 0 Å². The van der Waals surface area contributed by atoms with E-state index in [9.17, 15) is 10.2 Å². The summed E-state index contributed by atoms with van der Waals surface area (Å²) in [5.74, 6) is 2.25. The average molecular weight is 513 g/mol. The number of benzene rings is 3. The number of thioether (sulfide) groups is 3. The van der Waals surface area contributed by atoms with E-state index in [2.05, 4.69) is 36.4 Å². The molecule has 1 saturated carbocycles. The van der Waals surface area contributed by atoms with Crippen molar-refractivity contribution in [2.24, 2.45) is 0 Å². The largest absolute Gasteiger partial charge is 0.389 e. The quantitative estimate of drug-likeness (QED) is 0.286. The Morgan fingerprint density at radius 2 is 1.03 bits per heavy atom. The van der Waals surface area contributed by atoms with E-state index in [0.29, 0.717) is 11.5 Å². The highest BCUT2D eigenvalue weighted by atomic mass is 32.2. The van der Waals surface area contributed by atoms with Gasteiger partial charge in [-0.3, -0.25) is 0 Å². The molecule has 5 heteroatoms. The van der Waals surface area contributed by atoms with Crippen LogP contribution in [0.25, 0.3) is 0 Å². The summed E-state index contributed by atoms with van der Waals surface area (Å²) < 4.78 is 0. The minimum Gasteiger partial charge on any atom is -0.389 e. The van der Waals surface area contributed by atoms with Gasteiger partial charge >= 0.3 is 0 Å². The van der Waals surface area contributed by atoms with E-state index in [-0.39, 0.29) is 0 Å². The van der Waals surface area contributed by atoms with Crippen molar-refractivity contribution in [2.45, 2.75) is 64.9 Å². The molecule has 1 aliphatic rings. The van der Waals surface area contributed by atoms with Crippen molar-refractivity contribution in [3.63, 3.8) is 0 Å². The van der Waals surface area contributed by atoms with Gasteiger partial charge in [0, 0.05) is 31.9 Å². The molecule has 0 heterocycles. The van der Waals surface area contributed by atoms with Gasteiger partial charge in [0.25, 0.3) is 0 Å². The smallest absolute Gasteiger partial charge is 0.0806 e. The van der Waals surface area contributed by atoms with Crippen LogP contribution in [0.3, 0.4) is 0 Å².